The lowest BCUT2D eigenvalue weighted by Gasteiger charge is -2.35. The lowest BCUT2D eigenvalue weighted by molar-refractivity contribution is 0.0932. The SMILES string of the molecule is Cc1nn(C)cc1C(=O)N[C@H]1CCCN(c2ccccc2Cl)C1. The summed E-state index contributed by atoms with van der Waals surface area (Å²) in [5, 5.41) is 8.11. The van der Waals surface area contributed by atoms with Crippen molar-refractivity contribution in [1.82, 2.24) is 15.1 Å². The number of carbonyl (C=O) groups excluding carboxylic acids is 1. The average molecular weight is 333 g/mol. The van der Waals surface area contributed by atoms with Gasteiger partial charge in [-0.25, -0.2) is 0 Å². The maximum Gasteiger partial charge on any atom is 0.255 e. The second-order valence-corrected chi connectivity index (χ2v) is 6.42. The second kappa shape index (κ2) is 6.62. The zero-order valence-electron chi connectivity index (χ0n) is 13.4. The lowest BCUT2D eigenvalue weighted by Crippen LogP contribution is -2.48. The van der Waals surface area contributed by atoms with Crippen molar-refractivity contribution in [1.29, 1.82) is 0 Å². The van der Waals surface area contributed by atoms with E-state index in [4.69, 9.17) is 11.6 Å². The van der Waals surface area contributed by atoms with Gasteiger partial charge in [0, 0.05) is 32.4 Å². The molecule has 1 aromatic carbocycles. The summed E-state index contributed by atoms with van der Waals surface area (Å²) < 4.78 is 1.67. The number of nitrogens with one attached hydrogen (secondary N) is 1. The van der Waals surface area contributed by atoms with Crippen LogP contribution in [0.2, 0.25) is 5.02 Å². The Morgan fingerprint density at radius 2 is 2.17 bits per heavy atom. The number of piperidine rings is 1. The first-order valence-electron chi connectivity index (χ1n) is 7.85. The second-order valence-electron chi connectivity index (χ2n) is 6.01. The van der Waals surface area contributed by atoms with Crippen molar-refractivity contribution >= 4 is 23.2 Å². The van der Waals surface area contributed by atoms with E-state index in [1.54, 1.807) is 10.9 Å². The number of aryl methyl sites for hydroxylation is 2. The number of halogens is 1. The molecule has 1 aliphatic rings. The number of rotatable bonds is 3. The number of amides is 1. The first-order chi connectivity index (χ1) is 11.0. The van der Waals surface area contributed by atoms with Gasteiger partial charge in [-0.15, -0.1) is 0 Å². The van der Waals surface area contributed by atoms with Crippen LogP contribution in [0, 0.1) is 6.92 Å². The molecule has 1 amide bonds. The molecule has 1 aromatic heterocycles. The van der Waals surface area contributed by atoms with Crippen LogP contribution in [-0.2, 0) is 7.05 Å². The quantitative estimate of drug-likeness (QED) is 0.940. The van der Waals surface area contributed by atoms with Crippen LogP contribution in [0.15, 0.2) is 30.5 Å². The fourth-order valence-corrected chi connectivity index (χ4v) is 3.36. The zero-order valence-corrected chi connectivity index (χ0v) is 14.2. The van der Waals surface area contributed by atoms with Gasteiger partial charge in [-0.05, 0) is 31.9 Å². The smallest absolute Gasteiger partial charge is 0.255 e. The molecule has 1 saturated heterocycles. The van der Waals surface area contributed by atoms with Crippen molar-refractivity contribution in [2.24, 2.45) is 7.05 Å². The Labute approximate surface area is 141 Å². The van der Waals surface area contributed by atoms with E-state index in [-0.39, 0.29) is 11.9 Å². The van der Waals surface area contributed by atoms with E-state index in [9.17, 15) is 4.79 Å². The van der Waals surface area contributed by atoms with Crippen molar-refractivity contribution in [2.45, 2.75) is 25.8 Å². The molecule has 0 aliphatic carbocycles. The van der Waals surface area contributed by atoms with Gasteiger partial charge >= 0.3 is 0 Å². The first kappa shape index (κ1) is 15.9. The van der Waals surface area contributed by atoms with Crippen LogP contribution in [-0.4, -0.2) is 34.8 Å². The molecule has 0 bridgehead atoms. The standard InChI is InChI=1S/C17H21ClN4O/c1-12-14(11-21(2)20-12)17(23)19-13-6-5-9-22(10-13)16-8-4-3-7-15(16)18/h3-4,7-8,11,13H,5-6,9-10H2,1-2H3,(H,19,23)/t13-/m0/s1. The van der Waals surface area contributed by atoms with Crippen LogP contribution in [0.1, 0.15) is 28.9 Å². The summed E-state index contributed by atoms with van der Waals surface area (Å²) in [5.41, 5.74) is 2.43. The van der Waals surface area contributed by atoms with Crippen molar-refractivity contribution in [3.63, 3.8) is 0 Å². The van der Waals surface area contributed by atoms with Gasteiger partial charge < -0.3 is 10.2 Å². The molecule has 1 aliphatic heterocycles. The van der Waals surface area contributed by atoms with Gasteiger partial charge in [0.05, 0.1) is 22.0 Å². The molecule has 1 atom stereocenters. The summed E-state index contributed by atoms with van der Waals surface area (Å²) in [5.74, 6) is -0.0541. The van der Waals surface area contributed by atoms with E-state index in [1.807, 2.05) is 38.2 Å². The fourth-order valence-electron chi connectivity index (χ4n) is 3.11. The Hall–Kier alpha value is -2.01. The molecule has 0 spiro atoms. The van der Waals surface area contributed by atoms with E-state index in [1.165, 1.54) is 0 Å². The van der Waals surface area contributed by atoms with Gasteiger partial charge in [0.1, 0.15) is 0 Å². The third-order valence-electron chi connectivity index (χ3n) is 4.21. The van der Waals surface area contributed by atoms with Crippen LogP contribution in [0.5, 0.6) is 0 Å². The van der Waals surface area contributed by atoms with E-state index in [0.717, 1.165) is 42.3 Å². The summed E-state index contributed by atoms with van der Waals surface area (Å²) in [6, 6.07) is 7.96. The highest BCUT2D eigenvalue weighted by molar-refractivity contribution is 6.33. The van der Waals surface area contributed by atoms with Crippen molar-refractivity contribution in [3.8, 4) is 0 Å². The van der Waals surface area contributed by atoms with Crippen LogP contribution < -0.4 is 10.2 Å². The van der Waals surface area contributed by atoms with Crippen LogP contribution in [0.3, 0.4) is 0 Å². The zero-order chi connectivity index (χ0) is 16.4. The van der Waals surface area contributed by atoms with Crippen molar-refractivity contribution in [2.75, 3.05) is 18.0 Å². The maximum absolute atomic E-state index is 12.4. The van der Waals surface area contributed by atoms with Crippen LogP contribution in [0.4, 0.5) is 5.69 Å². The fraction of sp³-hybridized carbons (Fsp3) is 0.412. The molecule has 122 valence electrons. The third-order valence-corrected chi connectivity index (χ3v) is 4.53. The van der Waals surface area contributed by atoms with Gasteiger partial charge in [0.15, 0.2) is 0 Å². The molecule has 2 heterocycles. The summed E-state index contributed by atoms with van der Waals surface area (Å²) in [6.45, 7) is 3.59. The molecule has 0 radical (unpaired) electrons. The number of hydrogen-bond donors (Lipinski definition) is 1. The van der Waals surface area contributed by atoms with Gasteiger partial charge in [-0.2, -0.15) is 5.10 Å². The van der Waals surface area contributed by atoms with Crippen LogP contribution >= 0.6 is 11.6 Å². The average Bonchev–Trinajstić information content (AvgIpc) is 2.87. The Morgan fingerprint density at radius 1 is 1.39 bits per heavy atom. The molecule has 0 unspecified atom stereocenters. The molecule has 2 aromatic rings. The molecule has 5 nitrogen and oxygen atoms in total. The summed E-state index contributed by atoms with van der Waals surface area (Å²) >= 11 is 6.29. The Morgan fingerprint density at radius 3 is 2.87 bits per heavy atom. The minimum absolute atomic E-state index is 0.0541. The maximum atomic E-state index is 12.4. The number of aromatic nitrogens is 2. The topological polar surface area (TPSA) is 50.2 Å². The monoisotopic (exact) mass is 332 g/mol. The number of anilines is 1. The normalized spacial score (nSPS) is 18.0. The number of benzene rings is 1. The first-order valence-corrected chi connectivity index (χ1v) is 8.23. The van der Waals surface area contributed by atoms with E-state index in [0.29, 0.717) is 5.56 Å². The molecule has 1 N–H and O–H groups in total. The molecule has 23 heavy (non-hydrogen) atoms. The molecule has 3 rings (SSSR count). The number of para-hydroxylation sites is 1. The van der Waals surface area contributed by atoms with Crippen molar-refractivity contribution < 1.29 is 4.79 Å². The molecule has 6 heteroatoms. The van der Waals surface area contributed by atoms with Gasteiger partial charge in [-0.3, -0.25) is 9.48 Å². The Bertz CT molecular complexity index is 712. The third kappa shape index (κ3) is 3.50. The van der Waals surface area contributed by atoms with Gasteiger partial charge in [-0.1, -0.05) is 23.7 Å². The highest BCUT2D eigenvalue weighted by Crippen LogP contribution is 2.27. The predicted molar refractivity (Wildman–Crippen MR) is 92.1 cm³/mol. The van der Waals surface area contributed by atoms with Gasteiger partial charge in [0.2, 0.25) is 0 Å². The number of hydrogen-bond acceptors (Lipinski definition) is 3. The highest BCUT2D eigenvalue weighted by Gasteiger charge is 2.24. The van der Waals surface area contributed by atoms with E-state index >= 15 is 0 Å². The molecule has 0 saturated carbocycles. The molecular weight excluding hydrogens is 312 g/mol. The minimum Gasteiger partial charge on any atom is -0.368 e. The summed E-state index contributed by atoms with van der Waals surface area (Å²) in [4.78, 5) is 14.7. The predicted octanol–water partition coefficient (Wildman–Crippen LogP) is 2.78. The number of carbonyl (C=O) groups is 1. The summed E-state index contributed by atoms with van der Waals surface area (Å²) in [7, 11) is 1.82. The Balaban J connectivity index is 1.68. The summed E-state index contributed by atoms with van der Waals surface area (Å²) in [6.07, 6.45) is 3.77. The minimum atomic E-state index is -0.0541. The van der Waals surface area contributed by atoms with Crippen molar-refractivity contribution in [3.05, 3.63) is 46.7 Å². The Kier molecular flexibility index (Phi) is 4.57. The molecule has 1 fully saturated rings. The largest absolute Gasteiger partial charge is 0.368 e. The highest BCUT2D eigenvalue weighted by atomic mass is 35.5. The number of nitrogens with zero attached hydrogens (tertiary/aromatic N) is 3. The van der Waals surface area contributed by atoms with Crippen LogP contribution in [0.25, 0.3) is 0 Å². The van der Waals surface area contributed by atoms with E-state index in [2.05, 4.69) is 15.3 Å². The lowest BCUT2D eigenvalue weighted by atomic mass is 10.0. The molecular formula is C17H21ClN4O. The van der Waals surface area contributed by atoms with E-state index < -0.39 is 0 Å². The van der Waals surface area contributed by atoms with Gasteiger partial charge in [0.25, 0.3) is 5.91 Å².